The summed E-state index contributed by atoms with van der Waals surface area (Å²) in [5.41, 5.74) is 2.28. The molecule has 1 amide bonds. The largest absolute Gasteiger partial charge is 0.321 e. The zero-order valence-corrected chi connectivity index (χ0v) is 14.1. The summed E-state index contributed by atoms with van der Waals surface area (Å²) >= 11 is 0. The van der Waals surface area contributed by atoms with Crippen molar-refractivity contribution in [1.82, 2.24) is 0 Å². The van der Waals surface area contributed by atoms with Crippen LogP contribution in [0.4, 0.5) is 10.1 Å². The second-order valence-corrected chi connectivity index (χ2v) is 6.55. The van der Waals surface area contributed by atoms with E-state index in [0.717, 1.165) is 18.4 Å². The van der Waals surface area contributed by atoms with Gasteiger partial charge in [0.15, 0.2) is 6.04 Å². The van der Waals surface area contributed by atoms with E-state index in [4.69, 9.17) is 5.26 Å². The van der Waals surface area contributed by atoms with Gasteiger partial charge in [0.25, 0.3) is 5.91 Å². The molecule has 0 saturated heterocycles. The standard InChI is InChI=1S/C20H20FN3O/c1-14(20(25)23-18-8-4-15(12-22)5-9-18)24(19-10-11-19)13-16-2-6-17(21)7-3-16/h2-9,14,19H,10-11,13H2,1H3,(H,23,25)/p+1/t14-/m0/s1. The van der Waals surface area contributed by atoms with Crippen LogP contribution in [0.15, 0.2) is 48.5 Å². The molecule has 2 aromatic rings. The van der Waals surface area contributed by atoms with E-state index in [1.54, 1.807) is 36.4 Å². The van der Waals surface area contributed by atoms with Gasteiger partial charge >= 0.3 is 0 Å². The van der Waals surface area contributed by atoms with Gasteiger partial charge in [0.1, 0.15) is 12.4 Å². The molecule has 2 N–H and O–H groups in total. The second kappa shape index (κ2) is 7.45. The lowest BCUT2D eigenvalue weighted by molar-refractivity contribution is -0.938. The maximum absolute atomic E-state index is 13.1. The number of hydrogen-bond acceptors (Lipinski definition) is 2. The van der Waals surface area contributed by atoms with Crippen molar-refractivity contribution < 1.29 is 14.1 Å². The third kappa shape index (κ3) is 4.43. The molecular formula is C20H21FN3O+. The van der Waals surface area contributed by atoms with E-state index in [1.165, 1.54) is 17.0 Å². The molecule has 0 aliphatic heterocycles. The van der Waals surface area contributed by atoms with Gasteiger partial charge in [0.2, 0.25) is 0 Å². The minimum Gasteiger partial charge on any atom is -0.321 e. The number of nitriles is 1. The maximum Gasteiger partial charge on any atom is 0.282 e. The molecule has 1 aliphatic rings. The Labute approximate surface area is 146 Å². The molecule has 1 saturated carbocycles. The van der Waals surface area contributed by atoms with Crippen LogP contribution in [0, 0.1) is 17.1 Å². The third-order valence-electron chi connectivity index (χ3n) is 4.65. The highest BCUT2D eigenvalue weighted by atomic mass is 19.1. The van der Waals surface area contributed by atoms with Crippen LogP contribution in [-0.4, -0.2) is 18.0 Å². The first-order valence-electron chi connectivity index (χ1n) is 8.48. The predicted octanol–water partition coefficient (Wildman–Crippen LogP) is 2.27. The molecule has 0 spiro atoms. The predicted molar refractivity (Wildman–Crippen MR) is 93.3 cm³/mol. The summed E-state index contributed by atoms with van der Waals surface area (Å²) in [5, 5.41) is 11.8. The van der Waals surface area contributed by atoms with Crippen molar-refractivity contribution in [3.63, 3.8) is 0 Å². The van der Waals surface area contributed by atoms with Gasteiger partial charge in [-0.25, -0.2) is 4.39 Å². The first-order chi connectivity index (χ1) is 12.1. The highest BCUT2D eigenvalue weighted by Crippen LogP contribution is 2.17. The smallest absolute Gasteiger partial charge is 0.282 e. The molecule has 0 radical (unpaired) electrons. The summed E-state index contributed by atoms with van der Waals surface area (Å²) in [5.74, 6) is -0.294. The van der Waals surface area contributed by atoms with Crippen LogP contribution in [0.5, 0.6) is 0 Å². The van der Waals surface area contributed by atoms with Crippen molar-refractivity contribution >= 4 is 11.6 Å². The van der Waals surface area contributed by atoms with Crippen LogP contribution in [0.3, 0.4) is 0 Å². The maximum atomic E-state index is 13.1. The Kier molecular flexibility index (Phi) is 5.11. The normalized spacial score (nSPS) is 15.9. The van der Waals surface area contributed by atoms with E-state index in [0.29, 0.717) is 23.8 Å². The van der Waals surface area contributed by atoms with E-state index < -0.39 is 0 Å². The van der Waals surface area contributed by atoms with E-state index in [1.807, 2.05) is 6.92 Å². The van der Waals surface area contributed by atoms with Gasteiger partial charge in [-0.2, -0.15) is 5.26 Å². The lowest BCUT2D eigenvalue weighted by atomic mass is 10.1. The van der Waals surface area contributed by atoms with Crippen molar-refractivity contribution in [2.45, 2.75) is 38.4 Å². The van der Waals surface area contributed by atoms with Crippen molar-refractivity contribution in [2.24, 2.45) is 0 Å². The Morgan fingerprint density at radius 3 is 2.44 bits per heavy atom. The minimum atomic E-state index is -0.247. The van der Waals surface area contributed by atoms with E-state index in [2.05, 4.69) is 11.4 Å². The van der Waals surface area contributed by atoms with Gasteiger partial charge in [0, 0.05) is 24.1 Å². The van der Waals surface area contributed by atoms with Gasteiger partial charge in [-0.3, -0.25) is 4.79 Å². The molecule has 4 nitrogen and oxygen atoms in total. The van der Waals surface area contributed by atoms with Gasteiger partial charge in [-0.1, -0.05) is 12.1 Å². The fourth-order valence-corrected chi connectivity index (χ4v) is 2.99. The summed E-state index contributed by atoms with van der Waals surface area (Å²) in [6, 6.07) is 15.6. The molecule has 25 heavy (non-hydrogen) atoms. The van der Waals surface area contributed by atoms with Crippen molar-refractivity contribution in [3.05, 3.63) is 65.5 Å². The lowest BCUT2D eigenvalue weighted by Gasteiger charge is -2.25. The summed E-state index contributed by atoms with van der Waals surface area (Å²) in [7, 11) is 0. The van der Waals surface area contributed by atoms with Crippen LogP contribution in [0.2, 0.25) is 0 Å². The van der Waals surface area contributed by atoms with Crippen LogP contribution in [0.1, 0.15) is 30.9 Å². The number of carbonyl (C=O) groups excluding carboxylic acids is 1. The average molecular weight is 338 g/mol. The number of amides is 1. The monoisotopic (exact) mass is 338 g/mol. The molecule has 2 atom stereocenters. The van der Waals surface area contributed by atoms with Crippen molar-refractivity contribution in [2.75, 3.05) is 5.32 Å². The molecule has 0 heterocycles. The average Bonchev–Trinajstić information content (AvgIpc) is 3.46. The Morgan fingerprint density at radius 2 is 1.88 bits per heavy atom. The lowest BCUT2D eigenvalue weighted by Crippen LogP contribution is -3.16. The van der Waals surface area contributed by atoms with Crippen molar-refractivity contribution in [3.8, 4) is 6.07 Å². The molecular weight excluding hydrogens is 317 g/mol. The molecule has 1 aliphatic carbocycles. The molecule has 0 bridgehead atoms. The zero-order valence-electron chi connectivity index (χ0n) is 14.1. The number of nitrogens with one attached hydrogen (secondary N) is 2. The Bertz CT molecular complexity index is 776. The first kappa shape index (κ1) is 17.1. The van der Waals surface area contributed by atoms with Gasteiger partial charge < -0.3 is 10.2 Å². The molecule has 0 aromatic heterocycles. The Balaban J connectivity index is 1.67. The fraction of sp³-hybridized carbons (Fsp3) is 0.300. The topological polar surface area (TPSA) is 57.3 Å². The van der Waals surface area contributed by atoms with Gasteiger partial charge in [0.05, 0.1) is 17.7 Å². The highest BCUT2D eigenvalue weighted by molar-refractivity contribution is 5.93. The summed E-state index contributed by atoms with van der Waals surface area (Å²) in [4.78, 5) is 13.8. The molecule has 5 heteroatoms. The molecule has 1 unspecified atom stereocenters. The number of carbonyl (C=O) groups is 1. The number of quaternary nitrogens is 1. The summed E-state index contributed by atoms with van der Waals surface area (Å²) in [6.07, 6.45) is 2.23. The van der Waals surface area contributed by atoms with Gasteiger partial charge in [-0.15, -0.1) is 0 Å². The van der Waals surface area contributed by atoms with Crippen molar-refractivity contribution in [1.29, 1.82) is 5.26 Å². The van der Waals surface area contributed by atoms with Crippen LogP contribution in [0.25, 0.3) is 0 Å². The zero-order chi connectivity index (χ0) is 17.8. The molecule has 2 aromatic carbocycles. The van der Waals surface area contributed by atoms with Crippen LogP contribution in [-0.2, 0) is 11.3 Å². The summed E-state index contributed by atoms with van der Waals surface area (Å²) in [6.45, 7) is 2.63. The van der Waals surface area contributed by atoms with Crippen LogP contribution < -0.4 is 10.2 Å². The Hall–Kier alpha value is -2.71. The molecule has 1 fully saturated rings. The number of nitrogens with zero attached hydrogens (tertiary/aromatic N) is 1. The van der Waals surface area contributed by atoms with E-state index >= 15 is 0 Å². The van der Waals surface area contributed by atoms with E-state index in [9.17, 15) is 9.18 Å². The second-order valence-electron chi connectivity index (χ2n) is 6.55. The first-order valence-corrected chi connectivity index (χ1v) is 8.48. The quantitative estimate of drug-likeness (QED) is 0.849. The highest BCUT2D eigenvalue weighted by Gasteiger charge is 2.39. The minimum absolute atomic E-state index is 0.0475. The fourth-order valence-electron chi connectivity index (χ4n) is 2.99. The molecule has 128 valence electrons. The number of hydrogen-bond donors (Lipinski definition) is 2. The Morgan fingerprint density at radius 1 is 1.24 bits per heavy atom. The van der Waals surface area contributed by atoms with Crippen LogP contribution >= 0.6 is 0 Å². The number of halogens is 1. The molecule has 3 rings (SSSR count). The van der Waals surface area contributed by atoms with E-state index in [-0.39, 0.29) is 17.8 Å². The SMILES string of the molecule is C[C@@H](C(=O)Nc1ccc(C#N)cc1)[NH+](Cc1ccc(F)cc1)C1CC1. The van der Waals surface area contributed by atoms with Gasteiger partial charge in [-0.05, 0) is 43.3 Å². The number of rotatable bonds is 6. The number of benzene rings is 2. The third-order valence-corrected chi connectivity index (χ3v) is 4.65. The summed E-state index contributed by atoms with van der Waals surface area (Å²) < 4.78 is 13.1. The number of anilines is 1.